The molecule has 6 heterocycles. The molecule has 0 atom stereocenters. The molecule has 0 unspecified atom stereocenters. The number of halogens is 3. The third-order valence-electron chi connectivity index (χ3n) is 12.5. The first-order chi connectivity index (χ1) is 33.0. The number of rotatable bonds is 9. The molecule has 4 aromatic heterocycles. The van der Waals surface area contributed by atoms with Crippen LogP contribution in [0.3, 0.4) is 0 Å². The van der Waals surface area contributed by atoms with Gasteiger partial charge in [-0.15, -0.1) is 0 Å². The van der Waals surface area contributed by atoms with Crippen molar-refractivity contribution in [3.63, 3.8) is 0 Å². The van der Waals surface area contributed by atoms with Crippen LogP contribution in [-0.4, -0.2) is 106 Å². The van der Waals surface area contributed by atoms with Gasteiger partial charge < -0.3 is 33.6 Å². The van der Waals surface area contributed by atoms with Crippen LogP contribution in [0.15, 0.2) is 97.6 Å². The van der Waals surface area contributed by atoms with E-state index in [0.29, 0.717) is 37.0 Å². The molecule has 7 rings (SSSR count). The maximum Gasteiger partial charge on any atom is 0.418 e. The van der Waals surface area contributed by atoms with Gasteiger partial charge in [0.25, 0.3) is 16.6 Å². The van der Waals surface area contributed by atoms with E-state index < -0.39 is 28.5 Å². The number of aromatic nitrogens is 4. The zero-order valence-corrected chi connectivity index (χ0v) is 44.1. The van der Waals surface area contributed by atoms with E-state index in [1.54, 1.807) is 47.6 Å². The molecule has 2 saturated heterocycles. The van der Waals surface area contributed by atoms with E-state index in [-0.39, 0.29) is 33.5 Å². The molecule has 3 amide bonds. The topological polar surface area (TPSA) is 159 Å². The van der Waals surface area contributed by atoms with Gasteiger partial charge >= 0.3 is 12.1 Å². The van der Waals surface area contributed by atoms with Crippen molar-refractivity contribution in [1.29, 1.82) is 0 Å². The molecule has 20 heteroatoms. The van der Waals surface area contributed by atoms with Crippen LogP contribution in [0.25, 0.3) is 0 Å². The van der Waals surface area contributed by atoms with Gasteiger partial charge in [-0.05, 0) is 128 Å². The number of ether oxygens (including phenoxy) is 1. The van der Waals surface area contributed by atoms with Crippen LogP contribution >= 0.6 is 0 Å². The highest BCUT2D eigenvalue weighted by Crippen LogP contribution is 2.38. The predicted molar refractivity (Wildman–Crippen MR) is 276 cm³/mol. The van der Waals surface area contributed by atoms with Gasteiger partial charge in [-0.3, -0.25) is 10.6 Å². The van der Waals surface area contributed by atoms with Gasteiger partial charge in [0.05, 0.1) is 24.8 Å². The number of benzene rings is 1. The van der Waals surface area contributed by atoms with Crippen molar-refractivity contribution in [3.05, 3.63) is 115 Å². The van der Waals surface area contributed by atoms with Crippen molar-refractivity contribution in [2.75, 3.05) is 72.8 Å². The van der Waals surface area contributed by atoms with Gasteiger partial charge in [0.15, 0.2) is 0 Å². The summed E-state index contributed by atoms with van der Waals surface area (Å²) in [6, 6.07) is 18.3. The van der Waals surface area contributed by atoms with Crippen molar-refractivity contribution in [1.82, 2.24) is 30.2 Å². The third-order valence-corrected chi connectivity index (χ3v) is 21.2. The highest BCUT2D eigenvalue weighted by atomic mass is 28.4. The number of hydrogen-bond acceptors (Lipinski definition) is 12. The third kappa shape index (κ3) is 17.0. The molecule has 70 heavy (non-hydrogen) atoms. The van der Waals surface area contributed by atoms with Crippen LogP contribution in [0.4, 0.5) is 46.0 Å². The molecule has 0 bridgehead atoms. The Kier molecular flexibility index (Phi) is 19.2. The Balaban J connectivity index is 0.000000209. The van der Waals surface area contributed by atoms with Crippen LogP contribution in [-0.2, 0) is 0 Å². The van der Waals surface area contributed by atoms with Gasteiger partial charge in [-0.1, -0.05) is 41.5 Å². The van der Waals surface area contributed by atoms with Gasteiger partial charge in [0, 0.05) is 45.8 Å². The lowest BCUT2D eigenvalue weighted by Gasteiger charge is -2.36. The number of pyridine rings is 4. The second kappa shape index (κ2) is 24.5. The van der Waals surface area contributed by atoms with Crippen LogP contribution in [0.5, 0.6) is 17.2 Å². The molecule has 378 valence electrons. The minimum Gasteiger partial charge on any atom is -0.542 e. The fourth-order valence-electron chi connectivity index (χ4n) is 6.39. The number of nitrogens with zero attached hydrogens (tertiary/aromatic N) is 7. The standard InChI is InChI=1S/C22H32FN5O2Si.C18H23FN2O3Si.C10H14FN3/c1-22(2,3)31(4,5)30-18-8-9-19(24-16-18)26-21(29)28-12-6-11-27(13-14-28)20-10-7-17(23)15-25-20;1-18(2,3)25(4,5)24-15-10-11-16(20-12-15)21-17(22)23-14-8-6-13(19)7-9-14;11-9-2-3-10(13-8-9)14-6-1-4-12-5-7-14/h7-10,15-16H,6,11-14H2,1-5H3,(H,24,26,29);6-12H,1-5H3,(H,20,21,22);2-3,8,12H,1,4-7H2. The Morgan fingerprint density at radius 1 is 0.543 bits per heavy atom. The molecular weight excluding hydrogens is 934 g/mol. The average Bonchev–Trinajstić information content (AvgIpc) is 3.73. The van der Waals surface area contributed by atoms with E-state index in [1.807, 2.05) is 6.07 Å². The predicted octanol–water partition coefficient (Wildman–Crippen LogP) is 11.0. The minimum atomic E-state index is -1.93. The molecule has 2 aliphatic heterocycles. The first kappa shape index (κ1) is 54.7. The summed E-state index contributed by atoms with van der Waals surface area (Å²) in [7, 11) is -3.86. The SMILES string of the molecule is CC(C)(C)[Si](C)(C)Oc1ccc(NC(=O)N2CCCN(c3ccc(F)cn3)CC2)nc1.CC(C)(C)[Si](C)(C)Oc1ccc(NC(=O)Oc2ccc(F)cc2)nc1.Fc1ccc(N2CCCNCC2)nc1. The molecule has 0 saturated carbocycles. The first-order valence-corrected chi connectivity index (χ1v) is 29.3. The molecule has 3 N–H and O–H groups in total. The number of anilines is 4. The lowest BCUT2D eigenvalue weighted by Crippen LogP contribution is -2.43. The molecule has 15 nitrogen and oxygen atoms in total. The molecule has 5 aromatic rings. The van der Waals surface area contributed by atoms with Gasteiger partial charge in [0.1, 0.15) is 58.0 Å². The smallest absolute Gasteiger partial charge is 0.418 e. The van der Waals surface area contributed by atoms with Gasteiger partial charge in [0.2, 0.25) is 0 Å². The summed E-state index contributed by atoms with van der Waals surface area (Å²) in [6.45, 7) is 28.3. The maximum atomic E-state index is 13.1. The van der Waals surface area contributed by atoms with Crippen LogP contribution < -0.4 is 39.3 Å². The Bertz CT molecular complexity index is 2400. The summed E-state index contributed by atoms with van der Waals surface area (Å²) >= 11 is 0. The monoisotopic (exact) mass is 1000 g/mol. The van der Waals surface area contributed by atoms with Crippen LogP contribution in [0.2, 0.25) is 36.3 Å². The summed E-state index contributed by atoms with van der Waals surface area (Å²) < 4.78 is 56.0. The fraction of sp³-hybridized carbons (Fsp3) is 0.440. The molecule has 0 radical (unpaired) electrons. The Morgan fingerprint density at radius 3 is 1.51 bits per heavy atom. The molecule has 2 aliphatic rings. The van der Waals surface area contributed by atoms with Crippen molar-refractivity contribution < 1.29 is 36.3 Å². The number of urea groups is 1. The average molecular weight is 1000 g/mol. The van der Waals surface area contributed by atoms with Crippen molar-refractivity contribution in [2.45, 2.75) is 90.6 Å². The summed E-state index contributed by atoms with van der Waals surface area (Å²) in [6.07, 6.45) is 6.95. The zero-order valence-electron chi connectivity index (χ0n) is 42.1. The van der Waals surface area contributed by atoms with Crippen LogP contribution in [0, 0.1) is 17.5 Å². The van der Waals surface area contributed by atoms with E-state index >= 15 is 0 Å². The Hall–Kier alpha value is -6.26. The summed E-state index contributed by atoms with van der Waals surface area (Å²) in [5.74, 6) is 3.05. The fourth-order valence-corrected chi connectivity index (χ4v) is 8.42. The number of carbonyl (C=O) groups excluding carboxylic acids is 2. The van der Waals surface area contributed by atoms with Crippen molar-refractivity contribution in [2.24, 2.45) is 0 Å². The highest BCUT2D eigenvalue weighted by Gasteiger charge is 2.40. The number of hydrogen-bond donors (Lipinski definition) is 3. The van der Waals surface area contributed by atoms with E-state index in [4.69, 9.17) is 13.6 Å². The second-order valence-electron chi connectivity index (χ2n) is 20.0. The lowest BCUT2D eigenvalue weighted by atomic mass is 10.2. The van der Waals surface area contributed by atoms with Gasteiger partial charge in [-0.25, -0.2) is 42.7 Å². The summed E-state index contributed by atoms with van der Waals surface area (Å²) in [4.78, 5) is 47.3. The number of carbonyl (C=O) groups is 2. The van der Waals surface area contributed by atoms with Crippen LogP contribution in [0.1, 0.15) is 54.4 Å². The Morgan fingerprint density at radius 2 is 1.03 bits per heavy atom. The van der Waals surface area contributed by atoms with E-state index in [9.17, 15) is 22.8 Å². The van der Waals surface area contributed by atoms with Crippen molar-refractivity contribution in [3.8, 4) is 17.2 Å². The maximum absolute atomic E-state index is 13.1. The second-order valence-corrected chi connectivity index (χ2v) is 29.4. The van der Waals surface area contributed by atoms with E-state index in [0.717, 1.165) is 63.0 Å². The molecule has 2 fully saturated rings. The molecule has 1 aromatic carbocycles. The quantitative estimate of drug-likeness (QED) is 0.120. The van der Waals surface area contributed by atoms with Crippen molar-refractivity contribution >= 4 is 52.0 Å². The van der Waals surface area contributed by atoms with E-state index in [2.05, 4.69) is 113 Å². The van der Waals surface area contributed by atoms with E-state index in [1.165, 1.54) is 48.8 Å². The molecule has 0 aliphatic carbocycles. The minimum absolute atomic E-state index is 0.0862. The molecule has 0 spiro atoms. The first-order valence-electron chi connectivity index (χ1n) is 23.5. The number of amides is 3. The largest absolute Gasteiger partial charge is 0.542 e. The lowest BCUT2D eigenvalue weighted by molar-refractivity contribution is 0.214. The summed E-state index contributed by atoms with van der Waals surface area (Å²) in [5.41, 5.74) is 0. The normalized spacial score (nSPS) is 14.6. The zero-order chi connectivity index (χ0) is 51.1. The Labute approximate surface area is 412 Å². The summed E-state index contributed by atoms with van der Waals surface area (Å²) in [5, 5.41) is 8.89. The molecular formula is C50H69F3N10O5Si2. The number of nitrogens with one attached hydrogen (secondary N) is 3. The van der Waals surface area contributed by atoms with Gasteiger partial charge in [-0.2, -0.15) is 0 Å². The highest BCUT2D eigenvalue weighted by molar-refractivity contribution is 6.75.